The first-order valence-electron chi connectivity index (χ1n) is 7.29. The molecule has 4 heteroatoms. The van der Waals surface area contributed by atoms with Crippen molar-refractivity contribution in [3.8, 4) is 0 Å². The summed E-state index contributed by atoms with van der Waals surface area (Å²) in [6.07, 6.45) is 4.87. The summed E-state index contributed by atoms with van der Waals surface area (Å²) in [6, 6.07) is 7.55. The number of aromatic nitrogens is 1. The maximum atomic E-state index is 12.2. The van der Waals surface area contributed by atoms with E-state index in [1.54, 1.807) is 0 Å². The number of nitrogens with one attached hydrogen (secondary N) is 2. The van der Waals surface area contributed by atoms with Crippen molar-refractivity contribution in [2.75, 3.05) is 12.3 Å². The molecule has 1 heterocycles. The number of fused-ring (bicyclic) bond motifs is 1. The molecule has 0 saturated heterocycles. The van der Waals surface area contributed by atoms with Gasteiger partial charge in [-0.2, -0.15) is 0 Å². The van der Waals surface area contributed by atoms with E-state index in [0.717, 1.165) is 23.9 Å². The number of hydrogen-bond donors (Lipinski definition) is 3. The Hall–Kier alpha value is -1.97. The molecule has 106 valence electrons. The zero-order valence-corrected chi connectivity index (χ0v) is 11.8. The van der Waals surface area contributed by atoms with Crippen molar-refractivity contribution in [1.82, 2.24) is 10.3 Å². The monoisotopic (exact) mass is 271 g/mol. The Labute approximate surface area is 118 Å². The van der Waals surface area contributed by atoms with E-state index in [-0.39, 0.29) is 5.91 Å². The number of H-pyrrole nitrogens is 1. The SMILES string of the molecule is CCC1(CNC(=O)c2cc3cccc(N)c3[nH]2)CCC1. The molecule has 1 aromatic carbocycles. The first-order valence-corrected chi connectivity index (χ1v) is 7.29. The van der Waals surface area contributed by atoms with Gasteiger partial charge in [0.05, 0.1) is 11.2 Å². The highest BCUT2D eigenvalue weighted by Gasteiger charge is 2.35. The number of benzene rings is 1. The van der Waals surface area contributed by atoms with Crippen LogP contribution >= 0.6 is 0 Å². The van der Waals surface area contributed by atoms with Crippen LogP contribution in [0.1, 0.15) is 43.1 Å². The molecule has 1 saturated carbocycles. The quantitative estimate of drug-likeness (QED) is 0.748. The second-order valence-electron chi connectivity index (χ2n) is 5.88. The largest absolute Gasteiger partial charge is 0.397 e. The van der Waals surface area contributed by atoms with Crippen molar-refractivity contribution in [3.05, 3.63) is 30.0 Å². The van der Waals surface area contributed by atoms with Gasteiger partial charge in [-0.05, 0) is 36.8 Å². The molecule has 0 aliphatic heterocycles. The van der Waals surface area contributed by atoms with E-state index in [1.807, 2.05) is 24.3 Å². The normalized spacial score (nSPS) is 16.9. The van der Waals surface area contributed by atoms with Gasteiger partial charge in [-0.3, -0.25) is 4.79 Å². The van der Waals surface area contributed by atoms with Crippen LogP contribution in [0.2, 0.25) is 0 Å². The molecule has 0 unspecified atom stereocenters. The number of anilines is 1. The summed E-state index contributed by atoms with van der Waals surface area (Å²) < 4.78 is 0. The molecule has 1 amide bonds. The minimum Gasteiger partial charge on any atom is -0.397 e. The molecule has 1 aliphatic rings. The lowest BCUT2D eigenvalue weighted by Crippen LogP contribution is -2.41. The van der Waals surface area contributed by atoms with Crippen molar-refractivity contribution >= 4 is 22.5 Å². The van der Waals surface area contributed by atoms with Crippen LogP contribution in [-0.2, 0) is 0 Å². The lowest BCUT2D eigenvalue weighted by Gasteiger charge is -2.41. The Kier molecular flexibility index (Phi) is 3.16. The van der Waals surface area contributed by atoms with Gasteiger partial charge in [0, 0.05) is 11.9 Å². The highest BCUT2D eigenvalue weighted by molar-refractivity contribution is 6.00. The molecule has 1 aliphatic carbocycles. The summed E-state index contributed by atoms with van der Waals surface area (Å²) in [6.45, 7) is 2.97. The molecule has 4 nitrogen and oxygen atoms in total. The van der Waals surface area contributed by atoms with E-state index in [0.29, 0.717) is 16.8 Å². The number of para-hydroxylation sites is 1. The number of carbonyl (C=O) groups is 1. The molecule has 2 aromatic rings. The Morgan fingerprint density at radius 2 is 2.25 bits per heavy atom. The number of hydrogen-bond acceptors (Lipinski definition) is 2. The molecule has 0 atom stereocenters. The predicted molar refractivity (Wildman–Crippen MR) is 81.6 cm³/mol. The highest BCUT2D eigenvalue weighted by Crippen LogP contribution is 2.43. The topological polar surface area (TPSA) is 70.9 Å². The average molecular weight is 271 g/mol. The van der Waals surface area contributed by atoms with Gasteiger partial charge in [-0.15, -0.1) is 0 Å². The van der Waals surface area contributed by atoms with Gasteiger partial charge in [-0.25, -0.2) is 0 Å². The van der Waals surface area contributed by atoms with E-state index in [2.05, 4.69) is 17.2 Å². The van der Waals surface area contributed by atoms with Gasteiger partial charge in [0.1, 0.15) is 5.69 Å². The summed E-state index contributed by atoms with van der Waals surface area (Å²) >= 11 is 0. The first kappa shape index (κ1) is 13.0. The van der Waals surface area contributed by atoms with E-state index in [4.69, 9.17) is 5.73 Å². The third-order valence-corrected chi connectivity index (χ3v) is 4.72. The molecule has 3 rings (SSSR count). The Bertz CT molecular complexity index is 635. The zero-order chi connectivity index (χ0) is 14.2. The maximum absolute atomic E-state index is 12.2. The van der Waals surface area contributed by atoms with Crippen LogP contribution in [0.4, 0.5) is 5.69 Å². The summed E-state index contributed by atoms with van der Waals surface area (Å²) in [5.41, 5.74) is 8.33. The fourth-order valence-electron chi connectivity index (χ4n) is 3.00. The number of rotatable bonds is 4. The lowest BCUT2D eigenvalue weighted by molar-refractivity contribution is 0.0846. The van der Waals surface area contributed by atoms with Gasteiger partial charge in [0.15, 0.2) is 0 Å². The van der Waals surface area contributed by atoms with Crippen LogP contribution < -0.4 is 11.1 Å². The molecular weight excluding hydrogens is 250 g/mol. The van der Waals surface area contributed by atoms with Crippen molar-refractivity contribution in [2.24, 2.45) is 5.41 Å². The van der Waals surface area contributed by atoms with Crippen LogP contribution in [0.5, 0.6) is 0 Å². The lowest BCUT2D eigenvalue weighted by atomic mass is 9.67. The molecule has 20 heavy (non-hydrogen) atoms. The van der Waals surface area contributed by atoms with Gasteiger partial charge in [0.25, 0.3) is 5.91 Å². The molecule has 4 N–H and O–H groups in total. The van der Waals surface area contributed by atoms with Gasteiger partial charge in [0.2, 0.25) is 0 Å². The average Bonchev–Trinajstić information content (AvgIpc) is 2.83. The van der Waals surface area contributed by atoms with Crippen LogP contribution in [0.25, 0.3) is 10.9 Å². The summed E-state index contributed by atoms with van der Waals surface area (Å²) in [7, 11) is 0. The predicted octanol–water partition coefficient (Wildman–Crippen LogP) is 3.06. The summed E-state index contributed by atoms with van der Waals surface area (Å²) in [4.78, 5) is 15.4. The van der Waals surface area contributed by atoms with Crippen molar-refractivity contribution in [3.63, 3.8) is 0 Å². The minimum absolute atomic E-state index is 0.0414. The van der Waals surface area contributed by atoms with Crippen molar-refractivity contribution < 1.29 is 4.79 Å². The van der Waals surface area contributed by atoms with Crippen LogP contribution in [0, 0.1) is 5.41 Å². The zero-order valence-electron chi connectivity index (χ0n) is 11.8. The Balaban J connectivity index is 1.74. The Morgan fingerprint density at radius 1 is 1.45 bits per heavy atom. The van der Waals surface area contributed by atoms with E-state index < -0.39 is 0 Å². The fraction of sp³-hybridized carbons (Fsp3) is 0.438. The van der Waals surface area contributed by atoms with Crippen LogP contribution in [0.15, 0.2) is 24.3 Å². The van der Waals surface area contributed by atoms with E-state index >= 15 is 0 Å². The molecule has 1 fully saturated rings. The van der Waals surface area contributed by atoms with E-state index in [9.17, 15) is 4.79 Å². The highest BCUT2D eigenvalue weighted by atomic mass is 16.1. The van der Waals surface area contributed by atoms with Crippen LogP contribution in [-0.4, -0.2) is 17.4 Å². The second-order valence-corrected chi connectivity index (χ2v) is 5.88. The minimum atomic E-state index is -0.0414. The van der Waals surface area contributed by atoms with Crippen molar-refractivity contribution in [2.45, 2.75) is 32.6 Å². The number of aromatic amines is 1. The first-order chi connectivity index (χ1) is 9.63. The van der Waals surface area contributed by atoms with Crippen molar-refractivity contribution in [1.29, 1.82) is 0 Å². The molecule has 0 radical (unpaired) electrons. The maximum Gasteiger partial charge on any atom is 0.267 e. The second kappa shape index (κ2) is 4.85. The standard InChI is InChI=1S/C16H21N3O/c1-2-16(7-4-8-16)10-18-15(20)13-9-11-5-3-6-12(17)14(11)19-13/h3,5-6,9,19H,2,4,7-8,10,17H2,1H3,(H,18,20). The summed E-state index contributed by atoms with van der Waals surface area (Å²) in [5.74, 6) is -0.0414. The number of carbonyl (C=O) groups excluding carboxylic acids is 1. The molecule has 0 bridgehead atoms. The number of nitrogens with two attached hydrogens (primary N) is 1. The van der Waals surface area contributed by atoms with Gasteiger partial charge >= 0.3 is 0 Å². The van der Waals surface area contributed by atoms with Crippen LogP contribution in [0.3, 0.4) is 0 Å². The molecule has 0 spiro atoms. The molecular formula is C16H21N3O. The Morgan fingerprint density at radius 3 is 2.85 bits per heavy atom. The number of amides is 1. The third kappa shape index (κ3) is 2.15. The fourth-order valence-corrected chi connectivity index (χ4v) is 3.00. The summed E-state index contributed by atoms with van der Waals surface area (Å²) in [5, 5.41) is 4.04. The number of nitrogen functional groups attached to an aromatic ring is 1. The van der Waals surface area contributed by atoms with E-state index in [1.165, 1.54) is 19.3 Å². The third-order valence-electron chi connectivity index (χ3n) is 4.72. The van der Waals surface area contributed by atoms with Gasteiger partial charge < -0.3 is 16.0 Å². The smallest absolute Gasteiger partial charge is 0.267 e. The van der Waals surface area contributed by atoms with Gasteiger partial charge in [-0.1, -0.05) is 25.5 Å². The molecule has 1 aromatic heterocycles.